The molecular weight excluding hydrogens is 933 g/mol. The highest BCUT2D eigenvalue weighted by atomic mass is 15.2. The fourth-order valence-corrected chi connectivity index (χ4v) is 11.8. The topological polar surface area (TPSA) is 34.6 Å². The average Bonchev–Trinajstić information content (AvgIpc) is 4.05. The van der Waals surface area contributed by atoms with Gasteiger partial charge in [-0.15, -0.1) is 0 Å². The van der Waals surface area contributed by atoms with Gasteiger partial charge in [-0.1, -0.05) is 183 Å². The second-order valence-corrected chi connectivity index (χ2v) is 20.0. The maximum Gasteiger partial charge on any atom is 0.245 e. The first kappa shape index (κ1) is 48.0. The summed E-state index contributed by atoms with van der Waals surface area (Å²) in [5, 5.41) is 14.2. The van der Waals surface area contributed by atoms with Crippen LogP contribution in [0.1, 0.15) is 52.3 Å². The lowest BCUT2D eigenvalue weighted by atomic mass is 9.67. The monoisotopic (exact) mass is 986 g/mol. The molecule has 4 nitrogen and oxygen atoms in total. The molecule has 77 heavy (non-hydrogen) atoms. The largest absolute Gasteiger partial charge is 0.310 e. The van der Waals surface area contributed by atoms with Crippen molar-refractivity contribution < 1.29 is 0 Å². The van der Waals surface area contributed by atoms with Crippen LogP contribution < -0.4 is 9.80 Å². The van der Waals surface area contributed by atoms with Gasteiger partial charge in [-0.3, -0.25) is 0 Å². The standard InChI is InChI=1S/C73H54N4/c1-49(44-51(3)76(61-36-30-53(48-74)31-37-61)71-28-16-20-54-18-12-14-26-65(54)71)52(4)56-32-41-67-68-42-33-57(47-70(68)73(69(67)46-56,58-22-8-6-9-23-58)59-24-10-7-11-25-59)64-43-40-63(45-50(64)2)77(62-38-34-60(75-5)35-39-62)72-29-17-21-55-19-13-15-27-66(55)72/h6-34,36-47,60H,3-4,35H2,1-2H3/b49-44-. The Hall–Kier alpha value is -10.0. The summed E-state index contributed by atoms with van der Waals surface area (Å²) in [6.07, 6.45) is 9.14. The third-order valence-electron chi connectivity index (χ3n) is 15.6. The number of anilines is 4. The van der Waals surface area contributed by atoms with Gasteiger partial charge in [0.25, 0.3) is 0 Å². The molecule has 0 spiro atoms. The van der Waals surface area contributed by atoms with E-state index in [1.807, 2.05) is 30.3 Å². The number of nitrogens with zero attached hydrogens (tertiary/aromatic N) is 4. The fourth-order valence-electron chi connectivity index (χ4n) is 11.8. The Kier molecular flexibility index (Phi) is 12.5. The lowest BCUT2D eigenvalue weighted by molar-refractivity contribution is 0.768. The quantitative estimate of drug-likeness (QED) is 0.0904. The summed E-state index contributed by atoms with van der Waals surface area (Å²) in [6, 6.07) is 82.2. The molecule has 0 bridgehead atoms. The van der Waals surface area contributed by atoms with Crippen LogP contribution in [0.25, 0.3) is 54.2 Å². The molecular formula is C73H54N4. The van der Waals surface area contributed by atoms with Gasteiger partial charge in [-0.25, -0.2) is 6.57 Å². The Labute approximate surface area is 451 Å². The molecule has 12 rings (SSSR count). The minimum absolute atomic E-state index is 0.154. The smallest absolute Gasteiger partial charge is 0.245 e. The highest BCUT2D eigenvalue weighted by Crippen LogP contribution is 2.57. The fraction of sp³-hybridized carbons (Fsp3) is 0.0685. The highest BCUT2D eigenvalue weighted by Gasteiger charge is 2.46. The van der Waals surface area contributed by atoms with E-state index in [9.17, 15) is 5.26 Å². The van der Waals surface area contributed by atoms with Crippen molar-refractivity contribution >= 4 is 49.9 Å². The van der Waals surface area contributed by atoms with Crippen LogP contribution in [0.5, 0.6) is 0 Å². The number of rotatable bonds is 12. The van der Waals surface area contributed by atoms with Crippen molar-refractivity contribution in [3.8, 4) is 28.3 Å². The van der Waals surface area contributed by atoms with Crippen LogP contribution in [-0.2, 0) is 5.41 Å². The number of hydrogen-bond donors (Lipinski definition) is 0. The van der Waals surface area contributed by atoms with E-state index in [1.165, 1.54) is 44.2 Å². The summed E-state index contributed by atoms with van der Waals surface area (Å²) in [5.41, 5.74) is 19.4. The van der Waals surface area contributed by atoms with Crippen molar-refractivity contribution in [2.75, 3.05) is 9.80 Å². The maximum atomic E-state index is 9.68. The van der Waals surface area contributed by atoms with E-state index in [1.54, 1.807) is 0 Å². The van der Waals surface area contributed by atoms with Crippen molar-refractivity contribution in [3.05, 3.63) is 329 Å². The normalized spacial score (nSPS) is 14.2. The maximum absolute atomic E-state index is 9.68. The molecule has 0 N–H and O–H groups in total. The van der Waals surface area contributed by atoms with Crippen molar-refractivity contribution in [3.63, 3.8) is 0 Å². The Morgan fingerprint density at radius 2 is 1.19 bits per heavy atom. The molecule has 0 heterocycles. The van der Waals surface area contributed by atoms with Crippen molar-refractivity contribution in [2.24, 2.45) is 0 Å². The first-order valence-electron chi connectivity index (χ1n) is 26.1. The molecule has 1 unspecified atom stereocenters. The summed E-state index contributed by atoms with van der Waals surface area (Å²) < 4.78 is 0. The van der Waals surface area contributed by atoms with Crippen LogP contribution >= 0.6 is 0 Å². The van der Waals surface area contributed by atoms with Gasteiger partial charge < -0.3 is 14.6 Å². The summed E-state index contributed by atoms with van der Waals surface area (Å²) >= 11 is 0. The number of nitriles is 1. The van der Waals surface area contributed by atoms with E-state index in [0.717, 1.165) is 78.3 Å². The molecule has 0 radical (unpaired) electrons. The third kappa shape index (κ3) is 8.44. The van der Waals surface area contributed by atoms with E-state index in [2.05, 4.69) is 253 Å². The van der Waals surface area contributed by atoms with E-state index in [4.69, 9.17) is 19.7 Å². The predicted molar refractivity (Wildman–Crippen MR) is 321 cm³/mol. The minimum Gasteiger partial charge on any atom is -0.310 e. The summed E-state index contributed by atoms with van der Waals surface area (Å²) in [7, 11) is 0. The summed E-state index contributed by atoms with van der Waals surface area (Å²) in [5.74, 6) is 0. The number of aryl methyl sites for hydroxylation is 1. The molecule has 10 aromatic rings. The van der Waals surface area contributed by atoms with Crippen molar-refractivity contribution in [1.29, 1.82) is 5.26 Å². The van der Waals surface area contributed by atoms with Crippen LogP contribution in [0.2, 0.25) is 0 Å². The molecule has 2 aliphatic carbocycles. The molecule has 0 aliphatic heterocycles. The van der Waals surface area contributed by atoms with E-state index >= 15 is 0 Å². The SMILES string of the molecule is [C-]#[N+]C1C=CC(N(c2ccc(-c3ccc4c(c3)C(c3ccccc3)(c3ccccc3)c3cc(C(=C)/C(C)=C\C(=C)N(c5ccc(C#N)cc5)c5cccc6ccccc56)ccc3-4)c(C)c2)c2cccc3ccccc23)=CC1. The Balaban J connectivity index is 0.958. The molecule has 4 heteroatoms. The van der Waals surface area contributed by atoms with Gasteiger partial charge in [-0.2, -0.15) is 5.26 Å². The molecule has 0 fully saturated rings. The molecule has 10 aromatic carbocycles. The van der Waals surface area contributed by atoms with Crippen LogP contribution in [0, 0.1) is 24.8 Å². The zero-order valence-corrected chi connectivity index (χ0v) is 43.2. The number of hydrogen-bond acceptors (Lipinski definition) is 3. The predicted octanol–water partition coefficient (Wildman–Crippen LogP) is 18.8. The molecule has 0 aromatic heterocycles. The number of benzene rings is 10. The lowest BCUT2D eigenvalue weighted by Crippen LogP contribution is -2.28. The van der Waals surface area contributed by atoms with Gasteiger partial charge >= 0.3 is 0 Å². The second kappa shape index (κ2) is 20.0. The lowest BCUT2D eigenvalue weighted by Gasteiger charge is -2.34. The van der Waals surface area contributed by atoms with Crippen LogP contribution in [-0.4, -0.2) is 6.04 Å². The van der Waals surface area contributed by atoms with Crippen molar-refractivity contribution in [2.45, 2.75) is 31.7 Å². The first-order chi connectivity index (χ1) is 37.7. The first-order valence-corrected chi connectivity index (χ1v) is 26.1. The van der Waals surface area contributed by atoms with Crippen LogP contribution in [0.3, 0.4) is 0 Å². The minimum atomic E-state index is -0.663. The third-order valence-corrected chi connectivity index (χ3v) is 15.6. The average molecular weight is 987 g/mol. The highest BCUT2D eigenvalue weighted by molar-refractivity contribution is 5.99. The molecule has 366 valence electrons. The molecule has 2 aliphatic rings. The zero-order chi connectivity index (χ0) is 52.6. The van der Waals surface area contributed by atoms with Crippen LogP contribution in [0.15, 0.2) is 279 Å². The molecule has 0 amide bonds. The van der Waals surface area contributed by atoms with E-state index < -0.39 is 5.41 Å². The Bertz CT molecular complexity index is 4110. The van der Waals surface area contributed by atoms with Crippen molar-refractivity contribution in [1.82, 2.24) is 0 Å². The molecule has 1 atom stereocenters. The Morgan fingerprint density at radius 1 is 0.623 bits per heavy atom. The Morgan fingerprint density at radius 3 is 1.82 bits per heavy atom. The van der Waals surface area contributed by atoms with Gasteiger partial charge in [0.15, 0.2) is 0 Å². The van der Waals surface area contributed by atoms with E-state index in [0.29, 0.717) is 12.0 Å². The van der Waals surface area contributed by atoms with E-state index in [-0.39, 0.29) is 6.04 Å². The summed E-state index contributed by atoms with van der Waals surface area (Å²) in [6.45, 7) is 21.5. The number of allylic oxidation sites excluding steroid dienone is 4. The molecule has 0 saturated carbocycles. The van der Waals surface area contributed by atoms with Gasteiger partial charge in [0, 0.05) is 40.0 Å². The van der Waals surface area contributed by atoms with Gasteiger partial charge in [0.05, 0.1) is 28.4 Å². The second-order valence-electron chi connectivity index (χ2n) is 20.0. The van der Waals surface area contributed by atoms with Crippen LogP contribution in [0.4, 0.5) is 22.7 Å². The summed E-state index contributed by atoms with van der Waals surface area (Å²) in [4.78, 5) is 8.34. The van der Waals surface area contributed by atoms with Gasteiger partial charge in [-0.05, 0) is 170 Å². The zero-order valence-electron chi connectivity index (χ0n) is 43.2. The number of fused-ring (bicyclic) bond motifs is 5. The van der Waals surface area contributed by atoms with Gasteiger partial charge in [0.1, 0.15) is 0 Å². The molecule has 0 saturated heterocycles. The van der Waals surface area contributed by atoms with Gasteiger partial charge in [0.2, 0.25) is 6.04 Å².